The summed E-state index contributed by atoms with van der Waals surface area (Å²) in [4.78, 5) is 0. The first kappa shape index (κ1) is 10.8. The van der Waals surface area contributed by atoms with Crippen LogP contribution < -0.4 is 5.32 Å². The van der Waals surface area contributed by atoms with Gasteiger partial charge in [-0.25, -0.2) is 0 Å². The van der Waals surface area contributed by atoms with Gasteiger partial charge in [0.1, 0.15) is 0 Å². The fourth-order valence-electron chi connectivity index (χ4n) is 2.54. The predicted molar refractivity (Wildman–Crippen MR) is 61.9 cm³/mol. The van der Waals surface area contributed by atoms with Gasteiger partial charge in [-0.3, -0.25) is 0 Å². The van der Waals surface area contributed by atoms with E-state index in [1.807, 2.05) is 7.11 Å². The van der Waals surface area contributed by atoms with Gasteiger partial charge < -0.3 is 10.1 Å². The summed E-state index contributed by atoms with van der Waals surface area (Å²) in [5.41, 5.74) is 0. The van der Waals surface area contributed by atoms with Gasteiger partial charge >= 0.3 is 0 Å². The van der Waals surface area contributed by atoms with Crippen LogP contribution in [0.4, 0.5) is 0 Å². The van der Waals surface area contributed by atoms with E-state index >= 15 is 0 Å². The Labute approximate surface area is 91.2 Å². The summed E-state index contributed by atoms with van der Waals surface area (Å²) in [7, 11) is 1.86. The molecule has 0 spiro atoms. The van der Waals surface area contributed by atoms with E-state index in [9.17, 15) is 0 Å². The fraction of sp³-hybridized carbons (Fsp3) is 1.00. The molecule has 3 atom stereocenters. The SMILES string of the molecule is CO[C@@H]1CCCC[C@@H]1N[C@H]1CCSC1. The predicted octanol–water partition coefficient (Wildman–Crippen LogP) is 2.04. The van der Waals surface area contributed by atoms with E-state index in [2.05, 4.69) is 17.1 Å². The molecule has 0 bridgehead atoms. The summed E-state index contributed by atoms with van der Waals surface area (Å²) in [6.45, 7) is 0. The van der Waals surface area contributed by atoms with Crippen LogP contribution in [0.2, 0.25) is 0 Å². The Bertz CT molecular complexity index is 171. The van der Waals surface area contributed by atoms with E-state index in [1.165, 1.54) is 43.6 Å². The van der Waals surface area contributed by atoms with Crippen LogP contribution in [0.5, 0.6) is 0 Å². The maximum absolute atomic E-state index is 5.54. The van der Waals surface area contributed by atoms with E-state index < -0.39 is 0 Å². The van der Waals surface area contributed by atoms with Gasteiger partial charge in [0.2, 0.25) is 0 Å². The molecule has 0 aromatic rings. The first-order chi connectivity index (χ1) is 6.90. The highest BCUT2D eigenvalue weighted by Gasteiger charge is 2.27. The Morgan fingerprint density at radius 3 is 2.79 bits per heavy atom. The molecule has 3 heteroatoms. The Morgan fingerprint density at radius 2 is 2.07 bits per heavy atom. The van der Waals surface area contributed by atoms with Crippen molar-refractivity contribution in [2.24, 2.45) is 0 Å². The maximum atomic E-state index is 5.54. The van der Waals surface area contributed by atoms with Gasteiger partial charge in [-0.15, -0.1) is 0 Å². The highest BCUT2D eigenvalue weighted by atomic mass is 32.2. The molecule has 0 amide bonds. The first-order valence-corrected chi connectivity index (χ1v) is 6.92. The monoisotopic (exact) mass is 215 g/mol. The summed E-state index contributed by atoms with van der Waals surface area (Å²) >= 11 is 2.08. The largest absolute Gasteiger partial charge is 0.380 e. The summed E-state index contributed by atoms with van der Waals surface area (Å²) < 4.78 is 5.54. The van der Waals surface area contributed by atoms with E-state index in [1.54, 1.807) is 0 Å². The van der Waals surface area contributed by atoms with Crippen molar-refractivity contribution in [3.8, 4) is 0 Å². The minimum absolute atomic E-state index is 0.467. The van der Waals surface area contributed by atoms with Gasteiger partial charge in [0.25, 0.3) is 0 Å². The van der Waals surface area contributed by atoms with E-state index in [0.29, 0.717) is 12.1 Å². The van der Waals surface area contributed by atoms with Gasteiger partial charge in [-0.2, -0.15) is 11.8 Å². The Balaban J connectivity index is 1.81. The van der Waals surface area contributed by atoms with Crippen LogP contribution >= 0.6 is 11.8 Å². The molecule has 14 heavy (non-hydrogen) atoms. The lowest BCUT2D eigenvalue weighted by molar-refractivity contribution is 0.0387. The number of rotatable bonds is 3. The van der Waals surface area contributed by atoms with Crippen molar-refractivity contribution < 1.29 is 4.74 Å². The van der Waals surface area contributed by atoms with Crippen LogP contribution in [0.3, 0.4) is 0 Å². The minimum atomic E-state index is 0.467. The van der Waals surface area contributed by atoms with Crippen molar-refractivity contribution in [3.05, 3.63) is 0 Å². The third-order valence-corrected chi connectivity index (χ3v) is 4.55. The number of nitrogens with one attached hydrogen (secondary N) is 1. The quantitative estimate of drug-likeness (QED) is 0.778. The van der Waals surface area contributed by atoms with Crippen LogP contribution in [-0.2, 0) is 4.74 Å². The van der Waals surface area contributed by atoms with Gasteiger partial charge in [0, 0.05) is 24.9 Å². The average Bonchev–Trinajstić information content (AvgIpc) is 2.71. The zero-order valence-electron chi connectivity index (χ0n) is 9.00. The molecule has 1 N–H and O–H groups in total. The van der Waals surface area contributed by atoms with Crippen molar-refractivity contribution in [1.82, 2.24) is 5.32 Å². The van der Waals surface area contributed by atoms with Gasteiger partial charge in [0.05, 0.1) is 6.10 Å². The summed E-state index contributed by atoms with van der Waals surface area (Å²) in [5, 5.41) is 3.77. The third-order valence-electron chi connectivity index (χ3n) is 3.38. The van der Waals surface area contributed by atoms with Gasteiger partial charge in [-0.05, 0) is 25.0 Å². The van der Waals surface area contributed by atoms with Crippen molar-refractivity contribution in [2.45, 2.75) is 50.3 Å². The van der Waals surface area contributed by atoms with Crippen LogP contribution in [0.15, 0.2) is 0 Å². The lowest BCUT2D eigenvalue weighted by atomic mass is 9.92. The lowest BCUT2D eigenvalue weighted by Crippen LogP contribution is -2.47. The molecule has 2 fully saturated rings. The summed E-state index contributed by atoms with van der Waals surface area (Å²) in [5.74, 6) is 2.63. The third kappa shape index (κ3) is 2.65. The highest BCUT2D eigenvalue weighted by Crippen LogP contribution is 2.24. The Hall–Kier alpha value is 0.270. The summed E-state index contributed by atoms with van der Waals surface area (Å²) in [6, 6.07) is 1.37. The number of ether oxygens (including phenoxy) is 1. The lowest BCUT2D eigenvalue weighted by Gasteiger charge is -2.33. The Kier molecular flexibility index (Phi) is 4.14. The molecule has 0 aromatic heterocycles. The average molecular weight is 215 g/mol. The second-order valence-corrected chi connectivity index (χ2v) is 5.54. The molecule has 1 saturated carbocycles. The van der Waals surface area contributed by atoms with E-state index in [4.69, 9.17) is 4.74 Å². The highest BCUT2D eigenvalue weighted by molar-refractivity contribution is 7.99. The molecule has 0 unspecified atom stereocenters. The van der Waals surface area contributed by atoms with Crippen molar-refractivity contribution >= 4 is 11.8 Å². The Morgan fingerprint density at radius 1 is 1.21 bits per heavy atom. The number of hydrogen-bond donors (Lipinski definition) is 1. The molecule has 82 valence electrons. The van der Waals surface area contributed by atoms with E-state index in [0.717, 1.165) is 6.04 Å². The van der Waals surface area contributed by atoms with Crippen molar-refractivity contribution in [3.63, 3.8) is 0 Å². The van der Waals surface area contributed by atoms with Gasteiger partial charge in [0.15, 0.2) is 0 Å². The zero-order chi connectivity index (χ0) is 9.80. The molecular formula is C11H21NOS. The van der Waals surface area contributed by atoms with Crippen LogP contribution in [0.1, 0.15) is 32.1 Å². The zero-order valence-corrected chi connectivity index (χ0v) is 9.81. The summed E-state index contributed by atoms with van der Waals surface area (Å²) in [6.07, 6.45) is 7.08. The smallest absolute Gasteiger partial charge is 0.0724 e. The molecular weight excluding hydrogens is 194 g/mol. The van der Waals surface area contributed by atoms with Crippen molar-refractivity contribution in [2.75, 3.05) is 18.6 Å². The molecule has 2 nitrogen and oxygen atoms in total. The van der Waals surface area contributed by atoms with Crippen LogP contribution in [-0.4, -0.2) is 36.8 Å². The standard InChI is InChI=1S/C11H21NOS/c1-13-11-5-3-2-4-10(11)12-9-6-7-14-8-9/h9-12H,2-8H2,1H3/t9-,10-,11+/m0/s1. The van der Waals surface area contributed by atoms with Crippen LogP contribution in [0.25, 0.3) is 0 Å². The fourth-order valence-corrected chi connectivity index (χ4v) is 3.70. The first-order valence-electron chi connectivity index (χ1n) is 5.76. The molecule has 0 aromatic carbocycles. The second-order valence-electron chi connectivity index (χ2n) is 4.39. The second kappa shape index (κ2) is 5.38. The maximum Gasteiger partial charge on any atom is 0.0724 e. The molecule has 1 heterocycles. The molecule has 1 saturated heterocycles. The number of methoxy groups -OCH3 is 1. The van der Waals surface area contributed by atoms with Crippen molar-refractivity contribution in [1.29, 1.82) is 0 Å². The minimum Gasteiger partial charge on any atom is -0.380 e. The number of thioether (sulfide) groups is 1. The molecule has 1 aliphatic carbocycles. The normalized spacial score (nSPS) is 38.8. The molecule has 2 rings (SSSR count). The van der Waals surface area contributed by atoms with Crippen LogP contribution in [0, 0.1) is 0 Å². The molecule has 0 radical (unpaired) electrons. The number of hydrogen-bond acceptors (Lipinski definition) is 3. The van der Waals surface area contributed by atoms with Gasteiger partial charge in [-0.1, -0.05) is 12.8 Å². The molecule has 2 aliphatic rings. The topological polar surface area (TPSA) is 21.3 Å². The van der Waals surface area contributed by atoms with E-state index in [-0.39, 0.29) is 0 Å². The molecule has 1 aliphatic heterocycles.